The minimum atomic E-state index is -0.365. The highest BCUT2D eigenvalue weighted by atomic mass is 16.6. The first-order valence-electron chi connectivity index (χ1n) is 5.33. The number of carbonyl (C=O) groups excluding carboxylic acids is 1. The molecular formula is C12H17NO3. The van der Waals surface area contributed by atoms with Crippen LogP contribution in [0, 0.1) is 0 Å². The summed E-state index contributed by atoms with van der Waals surface area (Å²) in [7, 11) is 1.69. The van der Waals surface area contributed by atoms with E-state index in [1.807, 2.05) is 19.9 Å². The molecule has 1 aromatic carbocycles. The molecule has 0 aliphatic rings. The first kappa shape index (κ1) is 12.4. The number of nitrogens with zero attached hydrogens (tertiary/aromatic N) is 1. The molecule has 0 aromatic heterocycles. The molecule has 88 valence electrons. The fourth-order valence-electron chi connectivity index (χ4n) is 1.10. The Labute approximate surface area is 95.8 Å². The lowest BCUT2D eigenvalue weighted by atomic mass is 10.3. The van der Waals surface area contributed by atoms with Crippen molar-refractivity contribution in [2.24, 2.45) is 0 Å². The Morgan fingerprint density at radius 1 is 1.31 bits per heavy atom. The number of hydrogen-bond donors (Lipinski definition) is 0. The summed E-state index contributed by atoms with van der Waals surface area (Å²) < 4.78 is 10.5. The molecule has 0 fully saturated rings. The van der Waals surface area contributed by atoms with Gasteiger partial charge in [-0.2, -0.15) is 0 Å². The molecule has 4 heteroatoms. The zero-order valence-electron chi connectivity index (χ0n) is 9.90. The third-order valence-electron chi connectivity index (χ3n) is 2.11. The Hall–Kier alpha value is -1.71. The van der Waals surface area contributed by atoms with E-state index in [4.69, 9.17) is 9.47 Å². The summed E-state index contributed by atoms with van der Waals surface area (Å²) in [4.78, 5) is 13.0. The molecule has 16 heavy (non-hydrogen) atoms. The van der Waals surface area contributed by atoms with Gasteiger partial charge in [0.25, 0.3) is 0 Å². The average Bonchev–Trinajstić information content (AvgIpc) is 2.29. The van der Waals surface area contributed by atoms with Crippen LogP contribution in [0.1, 0.15) is 13.8 Å². The van der Waals surface area contributed by atoms with Crippen LogP contribution in [-0.2, 0) is 0 Å². The third-order valence-corrected chi connectivity index (χ3v) is 2.11. The topological polar surface area (TPSA) is 38.8 Å². The SMILES string of the molecule is CCOc1cccc(OC(=O)N(C)CC)c1. The first-order chi connectivity index (χ1) is 7.67. The highest BCUT2D eigenvalue weighted by Crippen LogP contribution is 2.19. The van der Waals surface area contributed by atoms with Gasteiger partial charge in [-0.15, -0.1) is 0 Å². The molecule has 1 rings (SSSR count). The first-order valence-corrected chi connectivity index (χ1v) is 5.33. The van der Waals surface area contributed by atoms with Gasteiger partial charge in [-0.1, -0.05) is 6.07 Å². The van der Waals surface area contributed by atoms with E-state index in [1.54, 1.807) is 25.2 Å². The summed E-state index contributed by atoms with van der Waals surface area (Å²) >= 11 is 0. The van der Waals surface area contributed by atoms with E-state index >= 15 is 0 Å². The standard InChI is InChI=1S/C12H17NO3/c1-4-13(3)12(14)16-11-8-6-7-10(9-11)15-5-2/h6-9H,4-5H2,1-3H3. The molecule has 0 saturated carbocycles. The molecule has 1 aromatic rings. The van der Waals surface area contributed by atoms with Crippen molar-refractivity contribution < 1.29 is 14.3 Å². The van der Waals surface area contributed by atoms with Crippen LogP contribution in [0.4, 0.5) is 4.79 Å². The molecule has 0 unspecified atom stereocenters. The van der Waals surface area contributed by atoms with E-state index in [9.17, 15) is 4.79 Å². The van der Waals surface area contributed by atoms with Gasteiger partial charge in [-0.3, -0.25) is 0 Å². The van der Waals surface area contributed by atoms with E-state index < -0.39 is 0 Å². The van der Waals surface area contributed by atoms with Gasteiger partial charge in [0.2, 0.25) is 0 Å². The van der Waals surface area contributed by atoms with Gasteiger partial charge in [-0.25, -0.2) is 4.79 Å². The molecule has 0 N–H and O–H groups in total. The van der Waals surface area contributed by atoms with Crippen LogP contribution in [0.15, 0.2) is 24.3 Å². The maximum absolute atomic E-state index is 11.5. The molecule has 0 radical (unpaired) electrons. The second-order valence-electron chi connectivity index (χ2n) is 3.29. The van der Waals surface area contributed by atoms with Gasteiger partial charge in [-0.05, 0) is 26.0 Å². The molecule has 0 saturated heterocycles. The number of ether oxygens (including phenoxy) is 2. The van der Waals surface area contributed by atoms with Crippen molar-refractivity contribution in [3.63, 3.8) is 0 Å². The summed E-state index contributed by atoms with van der Waals surface area (Å²) in [6, 6.07) is 7.04. The molecule has 0 bridgehead atoms. The van der Waals surface area contributed by atoms with Gasteiger partial charge in [0.15, 0.2) is 0 Å². The van der Waals surface area contributed by atoms with Crippen LogP contribution >= 0.6 is 0 Å². The Kier molecular flexibility index (Phi) is 4.64. The van der Waals surface area contributed by atoms with E-state index in [0.29, 0.717) is 24.7 Å². The fraction of sp³-hybridized carbons (Fsp3) is 0.417. The molecule has 1 amide bonds. The maximum Gasteiger partial charge on any atom is 0.414 e. The molecule has 0 heterocycles. The summed E-state index contributed by atoms with van der Waals surface area (Å²) in [5, 5.41) is 0. The Morgan fingerprint density at radius 3 is 2.62 bits per heavy atom. The maximum atomic E-state index is 11.5. The van der Waals surface area contributed by atoms with Crippen molar-refractivity contribution in [3.05, 3.63) is 24.3 Å². The lowest BCUT2D eigenvalue weighted by Crippen LogP contribution is -2.29. The van der Waals surface area contributed by atoms with Crippen molar-refractivity contribution in [1.29, 1.82) is 0 Å². The Bertz CT molecular complexity index is 352. The van der Waals surface area contributed by atoms with Crippen molar-refractivity contribution >= 4 is 6.09 Å². The van der Waals surface area contributed by atoms with Gasteiger partial charge in [0.1, 0.15) is 11.5 Å². The average molecular weight is 223 g/mol. The van der Waals surface area contributed by atoms with Gasteiger partial charge < -0.3 is 14.4 Å². The van der Waals surface area contributed by atoms with Gasteiger partial charge in [0.05, 0.1) is 6.61 Å². The Morgan fingerprint density at radius 2 is 2.00 bits per heavy atom. The smallest absolute Gasteiger partial charge is 0.414 e. The number of amides is 1. The third kappa shape index (κ3) is 3.46. The zero-order chi connectivity index (χ0) is 12.0. The van der Waals surface area contributed by atoms with Crippen LogP contribution in [-0.4, -0.2) is 31.2 Å². The minimum absolute atomic E-state index is 0.365. The van der Waals surface area contributed by atoms with Crippen LogP contribution in [0.3, 0.4) is 0 Å². The van der Waals surface area contributed by atoms with Crippen LogP contribution < -0.4 is 9.47 Å². The Balaban J connectivity index is 2.66. The van der Waals surface area contributed by atoms with Crippen molar-refractivity contribution in [2.45, 2.75) is 13.8 Å². The normalized spacial score (nSPS) is 9.69. The number of carbonyl (C=O) groups is 1. The van der Waals surface area contributed by atoms with Crippen molar-refractivity contribution in [3.8, 4) is 11.5 Å². The second kappa shape index (κ2) is 6.00. The molecular weight excluding hydrogens is 206 g/mol. The van der Waals surface area contributed by atoms with Gasteiger partial charge in [0, 0.05) is 19.7 Å². The van der Waals surface area contributed by atoms with Crippen molar-refractivity contribution in [2.75, 3.05) is 20.2 Å². The molecule has 0 spiro atoms. The van der Waals surface area contributed by atoms with E-state index in [2.05, 4.69) is 0 Å². The lowest BCUT2D eigenvalue weighted by Gasteiger charge is -2.14. The highest BCUT2D eigenvalue weighted by Gasteiger charge is 2.09. The van der Waals surface area contributed by atoms with Crippen molar-refractivity contribution in [1.82, 2.24) is 4.90 Å². The number of hydrogen-bond acceptors (Lipinski definition) is 3. The minimum Gasteiger partial charge on any atom is -0.494 e. The summed E-state index contributed by atoms with van der Waals surface area (Å²) in [6.45, 7) is 5.00. The molecule has 0 atom stereocenters. The predicted octanol–water partition coefficient (Wildman–Crippen LogP) is 2.54. The lowest BCUT2D eigenvalue weighted by molar-refractivity contribution is 0.165. The zero-order valence-corrected chi connectivity index (χ0v) is 9.90. The second-order valence-corrected chi connectivity index (χ2v) is 3.29. The number of benzene rings is 1. The molecule has 0 aliphatic carbocycles. The molecule has 0 aliphatic heterocycles. The molecule has 4 nitrogen and oxygen atoms in total. The number of rotatable bonds is 4. The van der Waals surface area contributed by atoms with Crippen LogP contribution in [0.2, 0.25) is 0 Å². The van der Waals surface area contributed by atoms with E-state index in [-0.39, 0.29) is 6.09 Å². The fourth-order valence-corrected chi connectivity index (χ4v) is 1.10. The van der Waals surface area contributed by atoms with E-state index in [1.165, 1.54) is 4.90 Å². The van der Waals surface area contributed by atoms with Crippen LogP contribution in [0.25, 0.3) is 0 Å². The van der Waals surface area contributed by atoms with Crippen LogP contribution in [0.5, 0.6) is 11.5 Å². The quantitative estimate of drug-likeness (QED) is 0.787. The summed E-state index contributed by atoms with van der Waals surface area (Å²) in [6.07, 6.45) is -0.365. The monoisotopic (exact) mass is 223 g/mol. The van der Waals surface area contributed by atoms with E-state index in [0.717, 1.165) is 0 Å². The summed E-state index contributed by atoms with van der Waals surface area (Å²) in [5.41, 5.74) is 0. The largest absolute Gasteiger partial charge is 0.494 e. The van der Waals surface area contributed by atoms with Gasteiger partial charge >= 0.3 is 6.09 Å². The predicted molar refractivity (Wildman–Crippen MR) is 61.9 cm³/mol. The highest BCUT2D eigenvalue weighted by molar-refractivity contribution is 5.70. The summed E-state index contributed by atoms with van der Waals surface area (Å²) in [5.74, 6) is 1.20.